The van der Waals surface area contributed by atoms with Crippen LogP contribution >= 0.6 is 23.2 Å². The van der Waals surface area contributed by atoms with Crippen LogP contribution < -0.4 is 0 Å². The Morgan fingerprint density at radius 1 is 0.957 bits per heavy atom. The number of halogens is 2. The molecule has 0 spiro atoms. The van der Waals surface area contributed by atoms with E-state index in [4.69, 9.17) is 27.6 Å². The van der Waals surface area contributed by atoms with Gasteiger partial charge in [0, 0.05) is 5.02 Å². The van der Waals surface area contributed by atoms with E-state index in [2.05, 4.69) is 11.9 Å². The number of oxazole rings is 1. The van der Waals surface area contributed by atoms with Crippen molar-refractivity contribution >= 4 is 23.2 Å². The molecule has 0 atom stereocenters. The average Bonchev–Trinajstić information content (AvgIpc) is 2.98. The highest BCUT2D eigenvalue weighted by Gasteiger charge is 2.10. The average molecular weight is 354 g/mol. The van der Waals surface area contributed by atoms with E-state index in [-0.39, 0.29) is 0 Å². The minimum Gasteiger partial charge on any atom is -0.444 e. The molecule has 0 aliphatic heterocycles. The Labute approximate surface area is 149 Å². The first-order chi connectivity index (χ1) is 11.2. The summed E-state index contributed by atoms with van der Waals surface area (Å²) >= 11 is 12.1. The van der Waals surface area contributed by atoms with Crippen LogP contribution in [-0.4, -0.2) is 4.98 Å². The number of aryl methyl sites for hydroxylation is 1. The van der Waals surface area contributed by atoms with Gasteiger partial charge < -0.3 is 4.42 Å². The lowest BCUT2D eigenvalue weighted by Crippen LogP contribution is -1.87. The van der Waals surface area contributed by atoms with Crippen LogP contribution in [0.15, 0.2) is 28.9 Å². The minimum atomic E-state index is 0.568. The summed E-state index contributed by atoms with van der Waals surface area (Å²) < 4.78 is 5.56. The van der Waals surface area contributed by atoms with Gasteiger partial charge in [-0.1, -0.05) is 75.1 Å². The van der Waals surface area contributed by atoms with E-state index in [1.807, 2.05) is 6.07 Å². The third kappa shape index (κ3) is 6.19. The summed E-state index contributed by atoms with van der Waals surface area (Å²) in [4.78, 5) is 4.54. The molecule has 0 bridgehead atoms. The van der Waals surface area contributed by atoms with Gasteiger partial charge >= 0.3 is 0 Å². The predicted octanol–water partition coefficient (Wildman–Crippen LogP) is 7.33. The number of aromatic nitrogens is 1. The van der Waals surface area contributed by atoms with E-state index >= 15 is 0 Å². The SMILES string of the molecule is CCCCCCCCCCc1coc(-c2ccc(Cl)cc2Cl)n1. The van der Waals surface area contributed by atoms with Crippen molar-refractivity contribution < 1.29 is 4.42 Å². The Morgan fingerprint density at radius 2 is 1.65 bits per heavy atom. The molecule has 1 aromatic carbocycles. The fourth-order valence-corrected chi connectivity index (χ4v) is 3.14. The van der Waals surface area contributed by atoms with Gasteiger partial charge in [0.25, 0.3) is 0 Å². The summed E-state index contributed by atoms with van der Waals surface area (Å²) in [5, 5.41) is 1.18. The van der Waals surface area contributed by atoms with E-state index in [1.165, 1.54) is 44.9 Å². The highest BCUT2D eigenvalue weighted by molar-refractivity contribution is 6.36. The highest BCUT2D eigenvalue weighted by Crippen LogP contribution is 2.29. The highest BCUT2D eigenvalue weighted by atomic mass is 35.5. The monoisotopic (exact) mass is 353 g/mol. The molecule has 1 heterocycles. The van der Waals surface area contributed by atoms with Crippen molar-refractivity contribution in [1.29, 1.82) is 0 Å². The summed E-state index contributed by atoms with van der Waals surface area (Å²) in [6.45, 7) is 2.25. The molecule has 0 aliphatic carbocycles. The molecule has 126 valence electrons. The van der Waals surface area contributed by atoms with Crippen LogP contribution in [0.5, 0.6) is 0 Å². The van der Waals surface area contributed by atoms with Crippen molar-refractivity contribution in [2.45, 2.75) is 64.7 Å². The zero-order valence-electron chi connectivity index (χ0n) is 13.8. The number of nitrogens with zero attached hydrogens (tertiary/aromatic N) is 1. The van der Waals surface area contributed by atoms with Crippen LogP contribution in [0, 0.1) is 0 Å². The molecule has 0 saturated carbocycles. The summed E-state index contributed by atoms with van der Waals surface area (Å²) in [7, 11) is 0. The molecule has 0 amide bonds. The van der Waals surface area contributed by atoms with Crippen LogP contribution in [0.3, 0.4) is 0 Å². The zero-order valence-corrected chi connectivity index (χ0v) is 15.3. The van der Waals surface area contributed by atoms with Crippen LogP contribution in [0.1, 0.15) is 64.0 Å². The fraction of sp³-hybridized carbons (Fsp3) is 0.526. The molecule has 0 radical (unpaired) electrons. The summed E-state index contributed by atoms with van der Waals surface area (Å²) in [5.74, 6) is 0.571. The maximum atomic E-state index is 6.19. The second-order valence-corrected chi connectivity index (χ2v) is 6.84. The molecule has 4 heteroatoms. The summed E-state index contributed by atoms with van der Waals surface area (Å²) in [5.41, 5.74) is 1.79. The van der Waals surface area contributed by atoms with Crippen molar-refractivity contribution in [2.75, 3.05) is 0 Å². The van der Waals surface area contributed by atoms with Gasteiger partial charge in [0.1, 0.15) is 6.26 Å². The Bertz CT molecular complexity index is 595. The predicted molar refractivity (Wildman–Crippen MR) is 98.3 cm³/mol. The topological polar surface area (TPSA) is 26.0 Å². The van der Waals surface area contributed by atoms with Gasteiger partial charge in [0.05, 0.1) is 16.3 Å². The number of rotatable bonds is 10. The standard InChI is InChI=1S/C19H25Cl2NO/c1-2-3-4-5-6-7-8-9-10-16-14-23-19(22-16)17-12-11-15(20)13-18(17)21/h11-14H,2-10H2,1H3. The zero-order chi connectivity index (χ0) is 16.5. The lowest BCUT2D eigenvalue weighted by Gasteiger charge is -2.00. The van der Waals surface area contributed by atoms with Gasteiger partial charge in [-0.2, -0.15) is 0 Å². The molecule has 0 N–H and O–H groups in total. The molecule has 1 aromatic heterocycles. The maximum Gasteiger partial charge on any atom is 0.227 e. The lowest BCUT2D eigenvalue weighted by atomic mass is 10.1. The first kappa shape index (κ1) is 18.4. The van der Waals surface area contributed by atoms with Crippen molar-refractivity contribution in [3.8, 4) is 11.5 Å². The number of hydrogen-bond donors (Lipinski definition) is 0. The van der Waals surface area contributed by atoms with E-state index in [0.717, 1.165) is 24.1 Å². The number of unbranched alkanes of at least 4 members (excludes halogenated alkanes) is 7. The van der Waals surface area contributed by atoms with E-state index in [1.54, 1.807) is 18.4 Å². The Morgan fingerprint density at radius 3 is 2.35 bits per heavy atom. The van der Waals surface area contributed by atoms with E-state index in [0.29, 0.717) is 15.9 Å². The first-order valence-electron chi connectivity index (χ1n) is 8.60. The molecular formula is C19H25Cl2NO. The lowest BCUT2D eigenvalue weighted by molar-refractivity contribution is 0.565. The Kier molecular flexibility index (Phi) is 7.98. The molecular weight excluding hydrogens is 329 g/mol. The molecule has 0 aliphatic rings. The van der Waals surface area contributed by atoms with Crippen molar-refractivity contribution in [3.63, 3.8) is 0 Å². The van der Waals surface area contributed by atoms with Crippen LogP contribution in [-0.2, 0) is 6.42 Å². The normalized spacial score (nSPS) is 11.1. The molecule has 0 unspecified atom stereocenters. The second kappa shape index (κ2) is 10.00. The molecule has 2 aromatic rings. The minimum absolute atomic E-state index is 0.568. The maximum absolute atomic E-state index is 6.19. The summed E-state index contributed by atoms with van der Waals surface area (Å²) in [6, 6.07) is 5.35. The fourth-order valence-electron chi connectivity index (χ4n) is 2.65. The number of hydrogen-bond acceptors (Lipinski definition) is 2. The third-order valence-electron chi connectivity index (χ3n) is 4.00. The molecule has 23 heavy (non-hydrogen) atoms. The smallest absolute Gasteiger partial charge is 0.227 e. The third-order valence-corrected chi connectivity index (χ3v) is 4.55. The largest absolute Gasteiger partial charge is 0.444 e. The molecule has 0 fully saturated rings. The quantitative estimate of drug-likeness (QED) is 0.417. The first-order valence-corrected chi connectivity index (χ1v) is 9.36. The summed E-state index contributed by atoms with van der Waals surface area (Å²) in [6.07, 6.45) is 13.2. The van der Waals surface area contributed by atoms with Crippen molar-refractivity contribution in [3.05, 3.63) is 40.2 Å². The second-order valence-electron chi connectivity index (χ2n) is 5.99. The van der Waals surface area contributed by atoms with Crippen molar-refractivity contribution in [2.24, 2.45) is 0 Å². The van der Waals surface area contributed by atoms with E-state index < -0.39 is 0 Å². The molecule has 0 saturated heterocycles. The van der Waals surface area contributed by atoms with Crippen LogP contribution in [0.2, 0.25) is 10.0 Å². The van der Waals surface area contributed by atoms with Crippen LogP contribution in [0.4, 0.5) is 0 Å². The van der Waals surface area contributed by atoms with Gasteiger partial charge in [-0.15, -0.1) is 0 Å². The van der Waals surface area contributed by atoms with Gasteiger partial charge in [0.2, 0.25) is 5.89 Å². The number of benzene rings is 1. The van der Waals surface area contributed by atoms with Gasteiger partial charge in [-0.3, -0.25) is 0 Å². The van der Waals surface area contributed by atoms with Crippen molar-refractivity contribution in [1.82, 2.24) is 4.98 Å². The van der Waals surface area contributed by atoms with Gasteiger partial charge in [-0.05, 0) is 31.0 Å². The Balaban J connectivity index is 1.73. The molecule has 2 rings (SSSR count). The van der Waals surface area contributed by atoms with Gasteiger partial charge in [0.15, 0.2) is 0 Å². The van der Waals surface area contributed by atoms with Gasteiger partial charge in [-0.25, -0.2) is 4.98 Å². The van der Waals surface area contributed by atoms with E-state index in [9.17, 15) is 0 Å². The van der Waals surface area contributed by atoms with Crippen LogP contribution in [0.25, 0.3) is 11.5 Å². The Hall–Kier alpha value is -0.990. The molecule has 2 nitrogen and oxygen atoms in total.